The van der Waals surface area contributed by atoms with Gasteiger partial charge in [0.1, 0.15) is 6.10 Å². The van der Waals surface area contributed by atoms with Gasteiger partial charge in [-0.25, -0.2) is 4.79 Å². The second-order valence-corrected chi connectivity index (χ2v) is 16.5. The van der Waals surface area contributed by atoms with Crippen LogP contribution < -0.4 is 0 Å². The van der Waals surface area contributed by atoms with Crippen LogP contribution in [-0.4, -0.2) is 113 Å². The summed E-state index contributed by atoms with van der Waals surface area (Å²) in [7, 11) is 0. The van der Waals surface area contributed by atoms with Crippen LogP contribution >= 0.6 is 0 Å². The van der Waals surface area contributed by atoms with Crippen molar-refractivity contribution in [1.82, 2.24) is 0 Å². The van der Waals surface area contributed by atoms with Crippen molar-refractivity contribution in [3.8, 4) is 0 Å². The fourth-order valence-electron chi connectivity index (χ4n) is 7.46. The number of carbonyl (C=O) groups is 1. The van der Waals surface area contributed by atoms with Gasteiger partial charge in [-0.15, -0.1) is 0 Å². The van der Waals surface area contributed by atoms with Crippen molar-refractivity contribution in [3.05, 3.63) is 11.6 Å². The minimum absolute atomic E-state index is 0.0578. The van der Waals surface area contributed by atoms with Gasteiger partial charge >= 0.3 is 5.97 Å². The Labute approximate surface area is 320 Å². The molecule has 0 saturated heterocycles. The third-order valence-corrected chi connectivity index (χ3v) is 10.9. The number of carbonyl (C=O) groups excluding carboxylic acids is 1. The smallest absolute Gasteiger partial charge is 0.330 e. The van der Waals surface area contributed by atoms with E-state index in [-0.39, 0.29) is 25.2 Å². The average Bonchev–Trinajstić information content (AvgIpc) is 3.06. The molecule has 0 spiro atoms. The average molecular weight is 761 g/mol. The van der Waals surface area contributed by atoms with Crippen LogP contribution in [0.5, 0.6) is 0 Å². The number of hydrogen-bond acceptors (Lipinski definition) is 11. The highest BCUT2D eigenvalue weighted by atomic mass is 16.5. The minimum atomic E-state index is -0.869. The van der Waals surface area contributed by atoms with Crippen molar-refractivity contribution >= 4 is 5.97 Å². The molecule has 0 aromatic carbocycles. The normalized spacial score (nSPS) is 34.7. The summed E-state index contributed by atoms with van der Waals surface area (Å²) in [5.41, 5.74) is 0.829. The van der Waals surface area contributed by atoms with Crippen LogP contribution in [0.15, 0.2) is 11.6 Å². The monoisotopic (exact) mass is 761 g/mol. The Morgan fingerprint density at radius 2 is 0.887 bits per heavy atom. The molecule has 0 aromatic rings. The fourth-order valence-corrected chi connectivity index (χ4v) is 7.46. The van der Waals surface area contributed by atoms with Gasteiger partial charge in [0.25, 0.3) is 0 Å². The number of aliphatic hydroxyl groups excluding tert-OH is 9. The van der Waals surface area contributed by atoms with Crippen molar-refractivity contribution < 1.29 is 55.5 Å². The molecule has 53 heavy (non-hydrogen) atoms. The molecule has 11 atom stereocenters. The number of ether oxygens (including phenoxy) is 1. The summed E-state index contributed by atoms with van der Waals surface area (Å²) >= 11 is 0. The van der Waals surface area contributed by atoms with E-state index < -0.39 is 67.0 Å². The van der Waals surface area contributed by atoms with E-state index in [0.29, 0.717) is 122 Å². The van der Waals surface area contributed by atoms with Crippen molar-refractivity contribution in [2.45, 2.75) is 242 Å². The molecule has 1 heterocycles. The zero-order valence-corrected chi connectivity index (χ0v) is 33.4. The number of esters is 1. The topological polar surface area (TPSA) is 208 Å². The highest BCUT2D eigenvalue weighted by Gasteiger charge is 2.25. The minimum Gasteiger partial charge on any atom is -0.459 e. The number of rotatable bonds is 4. The molecule has 11 heteroatoms. The second kappa shape index (κ2) is 30.0. The van der Waals surface area contributed by atoms with Gasteiger partial charge in [-0.1, -0.05) is 32.3 Å². The first-order valence-corrected chi connectivity index (χ1v) is 21.2. The van der Waals surface area contributed by atoms with Crippen LogP contribution in [0.2, 0.25) is 0 Å². The lowest BCUT2D eigenvalue weighted by molar-refractivity contribution is -0.147. The van der Waals surface area contributed by atoms with Crippen LogP contribution in [0.25, 0.3) is 0 Å². The van der Waals surface area contributed by atoms with E-state index in [0.717, 1.165) is 24.8 Å². The Kier molecular flexibility index (Phi) is 28.3. The van der Waals surface area contributed by atoms with Crippen molar-refractivity contribution in [2.24, 2.45) is 5.92 Å². The molecule has 6 unspecified atom stereocenters. The van der Waals surface area contributed by atoms with Gasteiger partial charge < -0.3 is 50.7 Å². The maximum atomic E-state index is 12.9. The number of allylic oxidation sites excluding steroid dienone is 1. The lowest BCUT2D eigenvalue weighted by Gasteiger charge is -2.26. The standard InChI is InChI=1S/C42H80O11/c1-4-5-13-31(3)41-29-39(50)24-11-23-38(49)28-40(51)27-37(48)22-10-19-34(45)17-8-15-32(43)14-7-16-33(44)18-9-21-36(47)26-35(46)20-6-12-30(2)25-42(52)53-41/h25,31-41,43-51H,4-24,26-29H2,1-3H3/t31?,32?,33?,34?,35-,36+,37-,38-,39?,40-,41?/m0/s1. The lowest BCUT2D eigenvalue weighted by atomic mass is 9.92. The van der Waals surface area contributed by atoms with Crippen LogP contribution in [0.1, 0.15) is 181 Å². The van der Waals surface area contributed by atoms with Crippen molar-refractivity contribution in [3.63, 3.8) is 0 Å². The Balaban J connectivity index is 2.79. The van der Waals surface area contributed by atoms with Crippen LogP contribution in [-0.2, 0) is 9.53 Å². The molecule has 0 aliphatic carbocycles. The molecule has 314 valence electrons. The van der Waals surface area contributed by atoms with E-state index in [1.54, 1.807) is 0 Å². The Bertz CT molecular complexity index is 933. The number of aliphatic hydroxyl groups is 9. The molecular formula is C42H80O11. The molecule has 0 amide bonds. The first-order valence-electron chi connectivity index (χ1n) is 21.2. The molecule has 1 aliphatic rings. The zero-order valence-electron chi connectivity index (χ0n) is 33.4. The van der Waals surface area contributed by atoms with E-state index >= 15 is 0 Å². The first kappa shape index (κ1) is 49.9. The Morgan fingerprint density at radius 1 is 0.547 bits per heavy atom. The maximum absolute atomic E-state index is 12.9. The third kappa shape index (κ3) is 27.2. The van der Waals surface area contributed by atoms with E-state index in [1.807, 2.05) is 13.8 Å². The Morgan fingerprint density at radius 3 is 1.28 bits per heavy atom. The third-order valence-electron chi connectivity index (χ3n) is 10.9. The van der Waals surface area contributed by atoms with Gasteiger partial charge in [-0.05, 0) is 154 Å². The molecule has 11 nitrogen and oxygen atoms in total. The summed E-state index contributed by atoms with van der Waals surface area (Å²) in [6.07, 6.45) is 8.57. The zero-order chi connectivity index (χ0) is 39.6. The quantitative estimate of drug-likeness (QED) is 0.163. The highest BCUT2D eigenvalue weighted by Crippen LogP contribution is 2.24. The van der Waals surface area contributed by atoms with Gasteiger partial charge in [0, 0.05) is 12.5 Å². The lowest BCUT2D eigenvalue weighted by Crippen LogP contribution is -2.29. The van der Waals surface area contributed by atoms with E-state index in [9.17, 15) is 50.8 Å². The molecule has 1 aliphatic heterocycles. The second-order valence-electron chi connectivity index (χ2n) is 16.5. The van der Waals surface area contributed by atoms with Crippen LogP contribution in [0.4, 0.5) is 0 Å². The van der Waals surface area contributed by atoms with E-state index in [4.69, 9.17) is 4.74 Å². The van der Waals surface area contributed by atoms with Crippen LogP contribution in [0.3, 0.4) is 0 Å². The SMILES string of the molecule is CCCCC(C)C1CC(O)CCC[C@H](O)C[C@@H](O)C[C@@H](O)CCCC(O)CCCC(O)CCCC(O)CCC[C@@H](O)C[C@@H](O)CCCC(C)=CC(=O)O1. The van der Waals surface area contributed by atoms with Crippen molar-refractivity contribution in [2.75, 3.05) is 0 Å². The molecule has 0 radical (unpaired) electrons. The summed E-state index contributed by atoms with van der Waals surface area (Å²) in [4.78, 5) is 12.9. The predicted molar refractivity (Wildman–Crippen MR) is 208 cm³/mol. The molecule has 0 aromatic heterocycles. The first-order chi connectivity index (χ1) is 25.2. The number of unbranched alkanes of at least 4 members (excludes halogenated alkanes) is 1. The summed E-state index contributed by atoms with van der Waals surface area (Å²) in [6.45, 7) is 5.99. The van der Waals surface area contributed by atoms with Crippen LogP contribution in [0, 0.1) is 5.92 Å². The fraction of sp³-hybridized carbons (Fsp3) is 0.929. The van der Waals surface area contributed by atoms with Gasteiger partial charge in [0.2, 0.25) is 0 Å². The molecule has 0 bridgehead atoms. The molecule has 9 N–H and O–H groups in total. The maximum Gasteiger partial charge on any atom is 0.330 e. The van der Waals surface area contributed by atoms with Gasteiger partial charge in [-0.3, -0.25) is 0 Å². The highest BCUT2D eigenvalue weighted by molar-refractivity contribution is 5.82. The molecule has 1 rings (SSSR count). The summed E-state index contributed by atoms with van der Waals surface area (Å²) < 4.78 is 5.88. The molecule has 0 fully saturated rings. The summed E-state index contributed by atoms with van der Waals surface area (Å²) in [6, 6.07) is 0. The summed E-state index contributed by atoms with van der Waals surface area (Å²) in [5, 5.41) is 94.2. The molecule has 0 saturated carbocycles. The van der Waals surface area contributed by atoms with Gasteiger partial charge in [0.05, 0.1) is 54.9 Å². The number of hydrogen-bond donors (Lipinski definition) is 9. The summed E-state index contributed by atoms with van der Waals surface area (Å²) in [5.74, 6) is -0.397. The van der Waals surface area contributed by atoms with E-state index in [2.05, 4.69) is 6.92 Å². The van der Waals surface area contributed by atoms with Gasteiger partial charge in [-0.2, -0.15) is 0 Å². The molecular weight excluding hydrogens is 680 g/mol. The van der Waals surface area contributed by atoms with Crippen molar-refractivity contribution in [1.29, 1.82) is 0 Å². The van der Waals surface area contributed by atoms with Gasteiger partial charge in [0.15, 0.2) is 0 Å². The van der Waals surface area contributed by atoms with E-state index in [1.165, 1.54) is 6.08 Å². The Hall–Kier alpha value is -1.15. The number of cyclic esters (lactones) is 1. The largest absolute Gasteiger partial charge is 0.459 e. The predicted octanol–water partition coefficient (Wildman–Crippen LogP) is 5.51.